The fourth-order valence-electron chi connectivity index (χ4n) is 3.33. The number of aromatic amines is 12. The molecule has 0 aromatic carbocycles. The Morgan fingerprint density at radius 1 is 0.148 bits per heavy atom. The zero-order valence-corrected chi connectivity index (χ0v) is 46.3. The van der Waals surface area contributed by atoms with E-state index in [0.717, 1.165) is 0 Å². The summed E-state index contributed by atoms with van der Waals surface area (Å²) >= 11 is 0. The van der Waals surface area contributed by atoms with Gasteiger partial charge in [0.2, 0.25) is 0 Å². The van der Waals surface area contributed by atoms with Gasteiger partial charge in [-0.1, -0.05) is 59.8 Å². The summed E-state index contributed by atoms with van der Waals surface area (Å²) in [6.07, 6.45) is 61.9. The van der Waals surface area contributed by atoms with Gasteiger partial charge in [0.1, 0.15) is 74.4 Å². The van der Waals surface area contributed by atoms with E-state index >= 15 is 0 Å². The summed E-state index contributed by atoms with van der Waals surface area (Å²) in [5, 5.41) is 101. The molecule has 0 fully saturated rings. The number of nitrogens with zero attached hydrogens (tertiary/aromatic N) is 12. The Bertz CT molecular complexity index is 1850. The SMILES string of the molecule is [O-]B([O-])[O-].[O-]B([O-])[O-].[O-]B([O-])[O-].[O-]B([O-])[O-].c1cnc[nH+]c1.c1cnc[nH+]c1.c1cnc[nH+]c1.c1cnc[nH+]c1.c1cnc[nH+]c1.c1cnc[nH+]c1.c1cnc[nH+]c1.c1cnc[nH+]c1.c1cnc[nH+]c1.c1cnc[nH+]c1.c1cnc[nH+]c1.c1cnc[nH+]c1. The van der Waals surface area contributed by atoms with Crippen molar-refractivity contribution in [2.24, 2.45) is 0 Å². The molecule has 0 radical (unpaired) electrons. The highest BCUT2D eigenvalue weighted by Crippen LogP contribution is 1.66. The Hall–Kier alpha value is -11.3. The Balaban J connectivity index is -0.000000429. The molecule has 0 aliphatic heterocycles. The van der Waals surface area contributed by atoms with Gasteiger partial charge in [-0.05, 0) is 0 Å². The van der Waals surface area contributed by atoms with Crippen molar-refractivity contribution in [1.82, 2.24) is 59.8 Å². The maximum atomic E-state index is 8.42. The van der Waals surface area contributed by atoms with Crippen molar-refractivity contribution in [3.05, 3.63) is 297 Å². The third-order valence-corrected chi connectivity index (χ3v) is 6.16. The summed E-state index contributed by atoms with van der Waals surface area (Å²) in [5.41, 5.74) is 0. The zero-order valence-electron chi connectivity index (χ0n) is 46.3. The minimum atomic E-state index is -2.92. The molecule has 12 aromatic heterocycles. The van der Waals surface area contributed by atoms with Crippen LogP contribution in [0.2, 0.25) is 0 Å². The number of rotatable bonds is 0. The first-order valence-corrected chi connectivity index (χ1v) is 24.0. The average molecular weight is 1210 g/mol. The van der Waals surface area contributed by atoms with Crippen LogP contribution in [0.15, 0.2) is 297 Å². The quantitative estimate of drug-likeness (QED) is 0.127. The highest BCUT2D eigenvalue weighted by molar-refractivity contribution is 6.24. The second-order valence-electron chi connectivity index (χ2n) is 12.6. The number of H-pyrrole nitrogens is 12. The minimum Gasteiger partial charge on any atom is -0.907 e. The van der Waals surface area contributed by atoms with Crippen LogP contribution in [-0.2, 0) is 0 Å². The molecule has 0 atom stereocenters. The lowest BCUT2D eigenvalue weighted by molar-refractivity contribution is -0.481. The summed E-state index contributed by atoms with van der Waals surface area (Å²) in [4.78, 5) is 78.1. The maximum absolute atomic E-state index is 8.42. The Morgan fingerprint density at radius 2 is 0.216 bits per heavy atom. The molecule has 12 N–H and O–H groups in total. The first kappa shape index (κ1) is 83.2. The molecule has 456 valence electrons. The third-order valence-electron chi connectivity index (χ3n) is 6.16. The van der Waals surface area contributed by atoms with Crippen molar-refractivity contribution in [2.45, 2.75) is 0 Å². The van der Waals surface area contributed by atoms with Gasteiger partial charge in [0, 0.05) is 72.8 Å². The summed E-state index contributed by atoms with van der Waals surface area (Å²) in [5.74, 6) is 0. The fraction of sp³-hybridized carbons (Fsp3) is 0. The number of hydrogen-bond acceptors (Lipinski definition) is 24. The van der Waals surface area contributed by atoms with Gasteiger partial charge in [-0.25, -0.2) is 0 Å². The molecule has 36 nitrogen and oxygen atoms in total. The summed E-state index contributed by atoms with van der Waals surface area (Å²) in [7, 11) is -11.7. The van der Waals surface area contributed by atoms with Gasteiger partial charge in [-0.3, -0.25) is 89.1 Å². The Labute approximate surface area is 505 Å². The molecule has 0 spiro atoms. The van der Waals surface area contributed by atoms with Crippen LogP contribution in [0.4, 0.5) is 0 Å². The molecule has 0 bridgehead atoms. The van der Waals surface area contributed by atoms with Gasteiger partial charge in [-0.2, -0.15) is 0 Å². The molecule has 0 unspecified atom stereocenters. The predicted octanol–water partition coefficient (Wildman–Crippen LogP) is -17.0. The molecule has 12 rings (SSSR count). The fourth-order valence-corrected chi connectivity index (χ4v) is 3.33. The zero-order chi connectivity index (χ0) is 65.2. The van der Waals surface area contributed by atoms with E-state index in [1.165, 1.54) is 0 Å². The second kappa shape index (κ2) is 80.0. The number of nitrogens with one attached hydrogen (secondary N) is 12. The number of aromatic nitrogens is 24. The lowest BCUT2D eigenvalue weighted by Gasteiger charge is -2.35. The molecule has 12 heterocycles. The van der Waals surface area contributed by atoms with Crippen molar-refractivity contribution >= 4 is 29.3 Å². The third kappa shape index (κ3) is 110. The van der Waals surface area contributed by atoms with E-state index in [9.17, 15) is 0 Å². The molecule has 0 saturated carbocycles. The smallest absolute Gasteiger partial charge is 0.283 e. The van der Waals surface area contributed by atoms with Crippen LogP contribution < -0.4 is 120 Å². The standard InChI is InChI=1S/12C4H4N2.4BO3/c12*1-2-5-4-6-3-1;4*2-1(3)4/h12*1-4H;;;;/q;;;;;;;;;;;;4*-3/p+12. The lowest BCUT2D eigenvalue weighted by Crippen LogP contribution is -2.56. The number of hydrogen-bond donors (Lipinski definition) is 0. The van der Waals surface area contributed by atoms with Gasteiger partial charge in [0.15, 0.2) is 0 Å². The van der Waals surface area contributed by atoms with E-state index in [2.05, 4.69) is 120 Å². The largest absolute Gasteiger partial charge is 0.907 e. The van der Waals surface area contributed by atoms with Crippen LogP contribution in [0, 0.1) is 0 Å². The monoisotopic (exact) mass is 1210 g/mol. The summed E-state index contributed by atoms with van der Waals surface area (Å²) in [6.45, 7) is 0. The van der Waals surface area contributed by atoms with Crippen molar-refractivity contribution < 1.29 is 120 Å². The van der Waals surface area contributed by atoms with Gasteiger partial charge < -0.3 is 60.3 Å². The van der Waals surface area contributed by atoms with Gasteiger partial charge in [-0.15, -0.1) is 0 Å². The summed E-state index contributed by atoms with van der Waals surface area (Å²) < 4.78 is 0. The van der Waals surface area contributed by atoms with E-state index in [0.29, 0.717) is 0 Å². The van der Waals surface area contributed by atoms with E-state index in [1.807, 2.05) is 147 Å². The van der Waals surface area contributed by atoms with E-state index in [-0.39, 0.29) is 0 Å². The normalized spacial score (nSPS) is 7.77. The highest BCUT2D eigenvalue weighted by atomic mass is 16.5. The van der Waals surface area contributed by atoms with Gasteiger partial charge in [0.25, 0.3) is 75.9 Å². The second-order valence-corrected chi connectivity index (χ2v) is 12.6. The molecule has 0 aliphatic carbocycles. The van der Waals surface area contributed by atoms with E-state index in [1.54, 1.807) is 150 Å². The molecule has 88 heavy (non-hydrogen) atoms. The molecule has 0 aliphatic rings. The van der Waals surface area contributed by atoms with Crippen LogP contribution in [-0.4, -0.2) is 89.1 Å². The van der Waals surface area contributed by atoms with E-state index < -0.39 is 29.3 Å². The highest BCUT2D eigenvalue weighted by Gasteiger charge is 1.75. The van der Waals surface area contributed by atoms with Crippen LogP contribution in [0.5, 0.6) is 0 Å². The Kier molecular flexibility index (Phi) is 75.6. The van der Waals surface area contributed by atoms with Gasteiger partial charge >= 0.3 is 0 Å². The first-order chi connectivity index (χ1) is 42.9. The predicted molar refractivity (Wildman–Crippen MR) is 273 cm³/mol. The minimum absolute atomic E-state index is 1.62. The summed E-state index contributed by atoms with van der Waals surface area (Å²) in [6, 6.07) is 22.0. The van der Waals surface area contributed by atoms with Gasteiger partial charge in [0.05, 0.1) is 74.4 Å². The topological polar surface area (TPSA) is 601 Å². The van der Waals surface area contributed by atoms with Crippen LogP contribution in [0.3, 0.4) is 0 Å². The van der Waals surface area contributed by atoms with Crippen LogP contribution in [0.25, 0.3) is 0 Å². The van der Waals surface area contributed by atoms with Crippen molar-refractivity contribution in [3.8, 4) is 0 Å². The average Bonchev–Trinajstić information content (AvgIpc) is 3.60. The lowest BCUT2D eigenvalue weighted by atomic mass is 10.3. The van der Waals surface area contributed by atoms with Crippen LogP contribution >= 0.6 is 0 Å². The van der Waals surface area contributed by atoms with Crippen molar-refractivity contribution in [2.75, 3.05) is 0 Å². The molecule has 40 heteroatoms. The maximum Gasteiger partial charge on any atom is 0.283 e. The molecule has 0 amide bonds. The van der Waals surface area contributed by atoms with Crippen molar-refractivity contribution in [1.29, 1.82) is 0 Å². The molecule has 0 saturated heterocycles. The first-order valence-electron chi connectivity index (χ1n) is 24.0. The van der Waals surface area contributed by atoms with E-state index in [4.69, 9.17) is 60.3 Å². The Morgan fingerprint density at radius 3 is 0.227 bits per heavy atom. The molecule has 12 aromatic rings. The molecular weight excluding hydrogens is 1150 g/mol. The molecular formula is C48H60B4N24O12. The van der Waals surface area contributed by atoms with Crippen molar-refractivity contribution in [3.63, 3.8) is 0 Å². The van der Waals surface area contributed by atoms with Crippen LogP contribution in [0.1, 0.15) is 0 Å².